The predicted molar refractivity (Wildman–Crippen MR) is 78.2 cm³/mol. The second-order valence-corrected chi connectivity index (χ2v) is 4.81. The van der Waals surface area contributed by atoms with Crippen molar-refractivity contribution in [2.24, 2.45) is 0 Å². The Hall–Kier alpha value is -2.40. The van der Waals surface area contributed by atoms with Crippen molar-refractivity contribution in [2.75, 3.05) is 5.73 Å². The van der Waals surface area contributed by atoms with Crippen LogP contribution in [0.15, 0.2) is 48.5 Å². The van der Waals surface area contributed by atoms with Crippen LogP contribution in [0.25, 0.3) is 11.4 Å². The third-order valence-corrected chi connectivity index (χ3v) is 3.19. The van der Waals surface area contributed by atoms with Crippen LogP contribution in [0.1, 0.15) is 5.56 Å². The first-order valence-corrected chi connectivity index (χ1v) is 6.47. The van der Waals surface area contributed by atoms with Crippen LogP contribution >= 0.6 is 11.6 Å². The number of rotatable bonds is 3. The maximum Gasteiger partial charge on any atom is 0.184 e. The summed E-state index contributed by atoms with van der Waals surface area (Å²) in [6, 6.07) is 15.1. The van der Waals surface area contributed by atoms with Gasteiger partial charge in [-0.1, -0.05) is 35.9 Å². The van der Waals surface area contributed by atoms with Crippen molar-refractivity contribution in [3.05, 3.63) is 59.1 Å². The van der Waals surface area contributed by atoms with Crippen LogP contribution in [0, 0.1) is 0 Å². The molecule has 0 aliphatic carbocycles. The Bertz CT molecular complexity index is 738. The molecular formula is C14H12ClN5. The minimum atomic E-state index is 0.539. The Kier molecular flexibility index (Phi) is 3.35. The lowest BCUT2D eigenvalue weighted by Gasteiger charge is -2.07. The summed E-state index contributed by atoms with van der Waals surface area (Å²) < 4.78 is 1.71. The fourth-order valence-corrected chi connectivity index (χ4v) is 2.23. The van der Waals surface area contributed by atoms with Crippen LogP contribution in [0.3, 0.4) is 0 Å². The van der Waals surface area contributed by atoms with E-state index in [1.54, 1.807) is 4.68 Å². The summed E-state index contributed by atoms with van der Waals surface area (Å²) in [5.74, 6) is 0.642. The van der Waals surface area contributed by atoms with E-state index in [1.807, 2.05) is 48.5 Å². The second kappa shape index (κ2) is 5.30. The number of hydrogen-bond acceptors (Lipinski definition) is 4. The molecule has 3 aromatic rings. The molecule has 5 nitrogen and oxygen atoms in total. The van der Waals surface area contributed by atoms with Gasteiger partial charge in [0.2, 0.25) is 0 Å². The smallest absolute Gasteiger partial charge is 0.184 e. The highest BCUT2D eigenvalue weighted by atomic mass is 35.5. The SMILES string of the molecule is Nc1ccccc1-c1nnnn1Cc1cccc(Cl)c1. The topological polar surface area (TPSA) is 69.6 Å². The molecule has 0 radical (unpaired) electrons. The largest absolute Gasteiger partial charge is 0.398 e. The van der Waals surface area contributed by atoms with Gasteiger partial charge in [0.15, 0.2) is 5.82 Å². The van der Waals surface area contributed by atoms with Crippen LogP contribution < -0.4 is 5.73 Å². The zero-order valence-corrected chi connectivity index (χ0v) is 11.3. The van der Waals surface area contributed by atoms with Crippen LogP contribution in [0.4, 0.5) is 5.69 Å². The molecule has 0 fully saturated rings. The molecule has 0 amide bonds. The molecule has 3 rings (SSSR count). The van der Waals surface area contributed by atoms with Crippen molar-refractivity contribution < 1.29 is 0 Å². The fourth-order valence-electron chi connectivity index (χ4n) is 2.01. The summed E-state index contributed by atoms with van der Waals surface area (Å²) in [5, 5.41) is 12.5. The third-order valence-electron chi connectivity index (χ3n) is 2.95. The first kappa shape index (κ1) is 12.6. The highest BCUT2D eigenvalue weighted by Gasteiger charge is 2.11. The standard InChI is InChI=1S/C14H12ClN5/c15-11-5-3-4-10(8-11)9-20-14(17-18-19-20)12-6-1-2-7-13(12)16/h1-8H,9,16H2. The summed E-state index contributed by atoms with van der Waals surface area (Å²) in [4.78, 5) is 0. The Morgan fingerprint density at radius 2 is 1.95 bits per heavy atom. The molecule has 2 N–H and O–H groups in total. The van der Waals surface area contributed by atoms with E-state index in [0.29, 0.717) is 23.1 Å². The van der Waals surface area contributed by atoms with Crippen molar-refractivity contribution >= 4 is 17.3 Å². The number of halogens is 1. The van der Waals surface area contributed by atoms with E-state index in [4.69, 9.17) is 17.3 Å². The number of anilines is 1. The van der Waals surface area contributed by atoms with Crippen molar-refractivity contribution in [1.82, 2.24) is 20.2 Å². The van der Waals surface area contributed by atoms with Gasteiger partial charge in [0, 0.05) is 16.3 Å². The zero-order chi connectivity index (χ0) is 13.9. The maximum absolute atomic E-state index is 5.99. The minimum Gasteiger partial charge on any atom is -0.398 e. The fraction of sp³-hybridized carbons (Fsp3) is 0.0714. The summed E-state index contributed by atoms with van der Waals surface area (Å²) in [5.41, 5.74) is 8.46. The van der Waals surface area contributed by atoms with Gasteiger partial charge >= 0.3 is 0 Å². The average molecular weight is 286 g/mol. The average Bonchev–Trinajstić information content (AvgIpc) is 2.87. The van der Waals surface area contributed by atoms with Gasteiger partial charge in [-0.3, -0.25) is 0 Å². The molecule has 0 bridgehead atoms. The summed E-state index contributed by atoms with van der Waals surface area (Å²) in [6.45, 7) is 0.539. The molecular weight excluding hydrogens is 274 g/mol. The predicted octanol–water partition coefficient (Wildman–Crippen LogP) is 2.62. The third kappa shape index (κ3) is 2.48. The van der Waals surface area contributed by atoms with E-state index in [2.05, 4.69) is 15.5 Å². The van der Waals surface area contributed by atoms with Crippen molar-refractivity contribution in [1.29, 1.82) is 0 Å². The van der Waals surface area contributed by atoms with E-state index in [1.165, 1.54) is 0 Å². The van der Waals surface area contributed by atoms with E-state index in [-0.39, 0.29) is 0 Å². The number of nitrogens with zero attached hydrogens (tertiary/aromatic N) is 4. The molecule has 0 saturated carbocycles. The quantitative estimate of drug-likeness (QED) is 0.751. The van der Waals surface area contributed by atoms with Crippen molar-refractivity contribution in [3.63, 3.8) is 0 Å². The molecule has 0 spiro atoms. The number of nitrogens with two attached hydrogens (primary N) is 1. The van der Waals surface area contributed by atoms with Gasteiger partial charge in [0.25, 0.3) is 0 Å². The van der Waals surface area contributed by atoms with E-state index in [0.717, 1.165) is 11.1 Å². The van der Waals surface area contributed by atoms with Gasteiger partial charge in [-0.15, -0.1) is 5.10 Å². The van der Waals surface area contributed by atoms with E-state index < -0.39 is 0 Å². The molecule has 1 aromatic heterocycles. The Balaban J connectivity index is 1.97. The summed E-state index contributed by atoms with van der Waals surface area (Å²) >= 11 is 5.99. The monoisotopic (exact) mass is 285 g/mol. The van der Waals surface area contributed by atoms with E-state index >= 15 is 0 Å². The Morgan fingerprint density at radius 1 is 1.10 bits per heavy atom. The van der Waals surface area contributed by atoms with Gasteiger partial charge in [-0.05, 0) is 40.3 Å². The lowest BCUT2D eigenvalue weighted by atomic mass is 10.1. The number of aromatic nitrogens is 4. The highest BCUT2D eigenvalue weighted by molar-refractivity contribution is 6.30. The number of para-hydroxylation sites is 1. The van der Waals surface area contributed by atoms with Crippen LogP contribution in [0.2, 0.25) is 5.02 Å². The molecule has 2 aromatic carbocycles. The maximum atomic E-state index is 5.99. The van der Waals surface area contributed by atoms with Crippen LogP contribution in [-0.4, -0.2) is 20.2 Å². The molecule has 20 heavy (non-hydrogen) atoms. The summed E-state index contributed by atoms with van der Waals surface area (Å²) in [6.07, 6.45) is 0. The van der Waals surface area contributed by atoms with Gasteiger partial charge in [0.05, 0.1) is 6.54 Å². The first-order chi connectivity index (χ1) is 9.74. The van der Waals surface area contributed by atoms with Gasteiger partial charge < -0.3 is 5.73 Å². The Labute approximate surface area is 121 Å². The molecule has 0 unspecified atom stereocenters. The molecule has 1 heterocycles. The first-order valence-electron chi connectivity index (χ1n) is 6.09. The molecule has 6 heteroatoms. The lowest BCUT2D eigenvalue weighted by molar-refractivity contribution is 0.653. The number of tetrazole rings is 1. The molecule has 0 aliphatic heterocycles. The van der Waals surface area contributed by atoms with Crippen molar-refractivity contribution in [2.45, 2.75) is 6.54 Å². The normalized spacial score (nSPS) is 10.7. The van der Waals surface area contributed by atoms with E-state index in [9.17, 15) is 0 Å². The summed E-state index contributed by atoms with van der Waals surface area (Å²) in [7, 11) is 0. The Morgan fingerprint density at radius 3 is 2.75 bits per heavy atom. The molecule has 0 aliphatic rings. The minimum absolute atomic E-state index is 0.539. The molecule has 100 valence electrons. The number of hydrogen-bond donors (Lipinski definition) is 1. The van der Waals surface area contributed by atoms with Gasteiger partial charge in [-0.25, -0.2) is 4.68 Å². The second-order valence-electron chi connectivity index (χ2n) is 4.38. The number of benzene rings is 2. The van der Waals surface area contributed by atoms with Gasteiger partial charge in [0.1, 0.15) is 0 Å². The highest BCUT2D eigenvalue weighted by Crippen LogP contribution is 2.23. The van der Waals surface area contributed by atoms with Crippen LogP contribution in [0.5, 0.6) is 0 Å². The van der Waals surface area contributed by atoms with Crippen LogP contribution in [-0.2, 0) is 6.54 Å². The number of nitrogen functional groups attached to an aromatic ring is 1. The van der Waals surface area contributed by atoms with Crippen molar-refractivity contribution in [3.8, 4) is 11.4 Å². The molecule has 0 atom stereocenters. The van der Waals surface area contributed by atoms with Gasteiger partial charge in [-0.2, -0.15) is 0 Å². The zero-order valence-electron chi connectivity index (χ0n) is 10.6. The molecule has 0 saturated heterocycles. The lowest BCUT2D eigenvalue weighted by Crippen LogP contribution is -2.05.